The number of imidazole rings is 1. The van der Waals surface area contributed by atoms with E-state index in [1.165, 1.54) is 44.2 Å². The number of hydrogen-bond donors (Lipinski definition) is 0. The van der Waals surface area contributed by atoms with E-state index in [1.54, 1.807) is 0 Å². The number of fused-ring (bicyclic) bond motifs is 4. The van der Waals surface area contributed by atoms with E-state index in [0.717, 1.165) is 33.7 Å². The maximum atomic E-state index is 5.05. The molecule has 2 heterocycles. The van der Waals surface area contributed by atoms with E-state index >= 15 is 0 Å². The molecule has 0 unspecified atom stereocenters. The summed E-state index contributed by atoms with van der Waals surface area (Å²) < 4.78 is 4.72. The van der Waals surface area contributed by atoms with Gasteiger partial charge in [-0.25, -0.2) is 4.98 Å². The third-order valence-corrected chi connectivity index (χ3v) is 8.95. The summed E-state index contributed by atoms with van der Waals surface area (Å²) in [5.41, 5.74) is 12.5. The zero-order chi connectivity index (χ0) is 30.5. The summed E-state index contributed by atoms with van der Waals surface area (Å²) in [6.45, 7) is 0. The molecule has 46 heavy (non-hydrogen) atoms. The van der Waals surface area contributed by atoms with Gasteiger partial charge in [-0.1, -0.05) is 140 Å². The van der Waals surface area contributed by atoms with Gasteiger partial charge >= 0.3 is 0 Å². The van der Waals surface area contributed by atoms with Gasteiger partial charge < -0.3 is 4.57 Å². The van der Waals surface area contributed by atoms with Crippen molar-refractivity contribution in [2.45, 2.75) is 0 Å². The molecule has 0 radical (unpaired) electrons. The topological polar surface area (TPSA) is 22.8 Å². The summed E-state index contributed by atoms with van der Waals surface area (Å²) in [6.07, 6.45) is 0. The molecule has 216 valence electrons. The molecule has 0 N–H and O–H groups in total. The van der Waals surface area contributed by atoms with Crippen molar-refractivity contribution in [3.05, 3.63) is 176 Å². The Morgan fingerprint density at radius 1 is 0.348 bits per heavy atom. The number of hydrogen-bond acceptors (Lipinski definition) is 1. The molecule has 0 amide bonds. The van der Waals surface area contributed by atoms with Gasteiger partial charge in [0, 0.05) is 33.2 Å². The molecule has 0 fully saturated rings. The Morgan fingerprint density at radius 2 is 0.848 bits per heavy atom. The monoisotopic (exact) mass is 587 g/mol. The molecular weight excluding hydrogens is 558 g/mol. The molecule has 0 saturated carbocycles. The minimum absolute atomic E-state index is 0.937. The van der Waals surface area contributed by atoms with Crippen molar-refractivity contribution >= 4 is 32.8 Å². The molecule has 3 nitrogen and oxygen atoms in total. The van der Waals surface area contributed by atoms with Crippen LogP contribution in [0, 0.1) is 0 Å². The fourth-order valence-corrected chi connectivity index (χ4v) is 6.89. The summed E-state index contributed by atoms with van der Waals surface area (Å²) in [6, 6.07) is 62.6. The lowest BCUT2D eigenvalue weighted by Crippen LogP contribution is -2.01. The zero-order valence-electron chi connectivity index (χ0n) is 25.1. The Labute approximate surface area is 267 Å². The van der Waals surface area contributed by atoms with Crippen molar-refractivity contribution in [1.82, 2.24) is 14.1 Å². The summed E-state index contributed by atoms with van der Waals surface area (Å²) >= 11 is 0. The zero-order valence-corrected chi connectivity index (χ0v) is 25.1. The lowest BCUT2D eigenvalue weighted by molar-refractivity contribution is 1.10. The van der Waals surface area contributed by atoms with Crippen LogP contribution in [0.1, 0.15) is 0 Å². The first-order chi connectivity index (χ1) is 22.8. The molecule has 9 rings (SSSR count). The van der Waals surface area contributed by atoms with Crippen LogP contribution in [-0.4, -0.2) is 14.1 Å². The van der Waals surface area contributed by atoms with Gasteiger partial charge in [0.1, 0.15) is 5.82 Å². The van der Waals surface area contributed by atoms with Crippen LogP contribution in [0.3, 0.4) is 0 Å². The van der Waals surface area contributed by atoms with Gasteiger partial charge in [0.2, 0.25) is 0 Å². The van der Waals surface area contributed by atoms with E-state index in [4.69, 9.17) is 4.98 Å². The van der Waals surface area contributed by atoms with E-state index in [1.807, 2.05) is 12.1 Å². The predicted molar refractivity (Wildman–Crippen MR) is 192 cm³/mol. The van der Waals surface area contributed by atoms with Crippen LogP contribution in [0.15, 0.2) is 176 Å². The van der Waals surface area contributed by atoms with Crippen molar-refractivity contribution in [2.75, 3.05) is 0 Å². The van der Waals surface area contributed by atoms with Crippen molar-refractivity contribution in [1.29, 1.82) is 0 Å². The first kappa shape index (κ1) is 26.2. The van der Waals surface area contributed by atoms with Crippen LogP contribution in [-0.2, 0) is 0 Å². The average molecular weight is 588 g/mol. The molecular formula is C43H29N3. The first-order valence-corrected chi connectivity index (χ1v) is 15.7. The smallest absolute Gasteiger partial charge is 0.145 e. The Hall–Kier alpha value is -6.19. The van der Waals surface area contributed by atoms with E-state index < -0.39 is 0 Å². The van der Waals surface area contributed by atoms with E-state index in [-0.39, 0.29) is 0 Å². The van der Waals surface area contributed by atoms with Gasteiger partial charge in [-0.15, -0.1) is 0 Å². The quantitative estimate of drug-likeness (QED) is 0.196. The Kier molecular flexibility index (Phi) is 6.14. The molecule has 0 saturated heterocycles. The van der Waals surface area contributed by atoms with Crippen LogP contribution in [0.4, 0.5) is 0 Å². The van der Waals surface area contributed by atoms with Gasteiger partial charge in [0.15, 0.2) is 0 Å². The van der Waals surface area contributed by atoms with Gasteiger partial charge in [-0.2, -0.15) is 0 Å². The van der Waals surface area contributed by atoms with Crippen molar-refractivity contribution in [3.63, 3.8) is 0 Å². The Balaban J connectivity index is 1.28. The van der Waals surface area contributed by atoms with Crippen LogP contribution < -0.4 is 0 Å². The summed E-state index contributed by atoms with van der Waals surface area (Å²) in [7, 11) is 0. The van der Waals surface area contributed by atoms with Crippen LogP contribution in [0.25, 0.3) is 77.9 Å². The number of nitrogens with zero attached hydrogens (tertiary/aromatic N) is 3. The highest BCUT2D eigenvalue weighted by atomic mass is 15.1. The Morgan fingerprint density at radius 3 is 1.48 bits per heavy atom. The maximum Gasteiger partial charge on any atom is 0.145 e. The van der Waals surface area contributed by atoms with Gasteiger partial charge in [-0.3, -0.25) is 4.57 Å². The van der Waals surface area contributed by atoms with E-state index in [9.17, 15) is 0 Å². The fraction of sp³-hybridized carbons (Fsp3) is 0. The second-order valence-electron chi connectivity index (χ2n) is 11.6. The summed E-state index contributed by atoms with van der Waals surface area (Å²) in [4.78, 5) is 5.05. The molecule has 0 aliphatic rings. The second-order valence-corrected chi connectivity index (χ2v) is 11.6. The standard InChI is InChI=1S/C43H29N3/c1-3-14-30(15-4-1)34-20-13-21-35(42(34)46-39-23-10-7-18-36(39)37-19-8-11-24-40(37)46)31-26-28-33(29-27-31)45-41-25-12-9-22-38(41)44-43(45)32-16-5-2-6-17-32/h1-29H. The normalized spacial score (nSPS) is 11.5. The maximum absolute atomic E-state index is 5.05. The van der Waals surface area contributed by atoms with Gasteiger partial charge in [0.25, 0.3) is 0 Å². The van der Waals surface area contributed by atoms with Crippen molar-refractivity contribution in [3.8, 4) is 45.0 Å². The Bertz CT molecular complexity index is 2450. The second kappa shape index (κ2) is 10.8. The highest BCUT2D eigenvalue weighted by Gasteiger charge is 2.20. The molecule has 3 heteroatoms. The first-order valence-electron chi connectivity index (χ1n) is 15.7. The fourth-order valence-electron chi connectivity index (χ4n) is 6.89. The lowest BCUT2D eigenvalue weighted by atomic mass is 9.95. The summed E-state index contributed by atoms with van der Waals surface area (Å²) in [5.74, 6) is 0.937. The number of benzene rings is 7. The molecule has 0 atom stereocenters. The molecule has 0 aliphatic heterocycles. The SMILES string of the molecule is c1ccc(-c2cccc(-c3ccc(-n4c(-c5ccccc5)nc5ccccc54)cc3)c2-n2c3ccccc3c3ccccc32)cc1. The predicted octanol–water partition coefficient (Wildman–Crippen LogP) is 11.1. The largest absolute Gasteiger partial charge is 0.308 e. The molecule has 0 spiro atoms. The van der Waals surface area contributed by atoms with Crippen LogP contribution in [0.5, 0.6) is 0 Å². The highest BCUT2D eigenvalue weighted by molar-refractivity contribution is 6.10. The highest BCUT2D eigenvalue weighted by Crippen LogP contribution is 2.41. The van der Waals surface area contributed by atoms with Crippen molar-refractivity contribution < 1.29 is 0 Å². The third-order valence-electron chi connectivity index (χ3n) is 8.95. The minimum atomic E-state index is 0.937. The summed E-state index contributed by atoms with van der Waals surface area (Å²) in [5, 5.41) is 2.50. The molecule has 7 aromatic carbocycles. The van der Waals surface area contributed by atoms with E-state index in [0.29, 0.717) is 0 Å². The lowest BCUT2D eigenvalue weighted by Gasteiger charge is -2.19. The number of rotatable bonds is 5. The van der Waals surface area contributed by atoms with E-state index in [2.05, 4.69) is 173 Å². The average Bonchev–Trinajstić information content (AvgIpc) is 3.69. The minimum Gasteiger partial charge on any atom is -0.308 e. The molecule has 0 bridgehead atoms. The molecule has 9 aromatic rings. The van der Waals surface area contributed by atoms with Gasteiger partial charge in [-0.05, 0) is 47.5 Å². The number of para-hydroxylation sites is 5. The third kappa shape index (κ3) is 4.17. The number of aromatic nitrogens is 3. The van der Waals surface area contributed by atoms with Crippen LogP contribution in [0.2, 0.25) is 0 Å². The molecule has 2 aromatic heterocycles. The van der Waals surface area contributed by atoms with Crippen LogP contribution >= 0.6 is 0 Å². The molecule has 0 aliphatic carbocycles. The van der Waals surface area contributed by atoms with Gasteiger partial charge in [0.05, 0.1) is 27.8 Å². The van der Waals surface area contributed by atoms with Crippen molar-refractivity contribution in [2.24, 2.45) is 0 Å².